The lowest BCUT2D eigenvalue weighted by molar-refractivity contribution is 0.0584. The summed E-state index contributed by atoms with van der Waals surface area (Å²) >= 11 is 0. The minimum Gasteiger partial charge on any atom is -0.508 e. The van der Waals surface area contributed by atoms with Crippen molar-refractivity contribution in [1.82, 2.24) is 5.16 Å². The minimum atomic E-state index is 0.0540. The molecule has 182 valence electrons. The second-order valence-electron chi connectivity index (χ2n) is 9.88. The fourth-order valence-electron chi connectivity index (χ4n) is 3.48. The lowest BCUT2D eigenvalue weighted by atomic mass is 9.85. The van der Waals surface area contributed by atoms with Crippen molar-refractivity contribution in [1.29, 1.82) is 0 Å². The number of aromatic nitrogens is 1. The Morgan fingerprint density at radius 3 is 2.28 bits per heavy atom. The van der Waals surface area contributed by atoms with Crippen LogP contribution in [0.3, 0.4) is 0 Å². The van der Waals surface area contributed by atoms with Crippen LogP contribution in [-0.4, -0.2) is 49.9 Å². The van der Waals surface area contributed by atoms with Crippen molar-refractivity contribution in [2.75, 3.05) is 39.6 Å². The predicted molar refractivity (Wildman–Crippen MR) is 124 cm³/mol. The molecular weight excluding hydrogens is 410 g/mol. The summed E-state index contributed by atoms with van der Waals surface area (Å²) in [6.07, 6.45) is 7.70. The van der Waals surface area contributed by atoms with Gasteiger partial charge in [-0.1, -0.05) is 27.7 Å². The van der Waals surface area contributed by atoms with E-state index < -0.39 is 0 Å². The van der Waals surface area contributed by atoms with Gasteiger partial charge in [0.2, 0.25) is 0 Å². The van der Waals surface area contributed by atoms with Crippen LogP contribution in [-0.2, 0) is 20.6 Å². The first-order valence-electron chi connectivity index (χ1n) is 11.7. The van der Waals surface area contributed by atoms with Crippen LogP contribution in [0.4, 0.5) is 0 Å². The molecule has 7 nitrogen and oxygen atoms in total. The van der Waals surface area contributed by atoms with Gasteiger partial charge >= 0.3 is 0 Å². The number of hydrogen-bond donors (Lipinski definition) is 1. The monoisotopic (exact) mass is 451 g/mol. The zero-order chi connectivity index (χ0) is 23.5. The second kappa shape index (κ2) is 12.9. The Morgan fingerprint density at radius 2 is 1.66 bits per heavy atom. The van der Waals surface area contributed by atoms with Gasteiger partial charge in [-0.2, -0.15) is 0 Å². The molecule has 32 heavy (non-hydrogen) atoms. The molecule has 2 heterocycles. The van der Waals surface area contributed by atoms with Crippen molar-refractivity contribution in [3.63, 3.8) is 0 Å². The number of allylic oxidation sites excluding steroid dienone is 2. The van der Waals surface area contributed by atoms with E-state index in [4.69, 9.17) is 23.5 Å². The summed E-state index contributed by atoms with van der Waals surface area (Å²) in [4.78, 5) is 0. The Morgan fingerprint density at radius 1 is 1.00 bits per heavy atom. The maximum Gasteiger partial charge on any atom is 0.254 e. The molecule has 0 bridgehead atoms. The lowest BCUT2D eigenvalue weighted by Crippen LogP contribution is -2.18. The number of aliphatic hydroxyl groups excluding tert-OH is 1. The van der Waals surface area contributed by atoms with Gasteiger partial charge in [0.25, 0.3) is 5.88 Å². The summed E-state index contributed by atoms with van der Waals surface area (Å²) in [6.45, 7) is 14.6. The number of rotatable bonds is 16. The third kappa shape index (κ3) is 10.6. The highest BCUT2D eigenvalue weighted by Crippen LogP contribution is 2.31. The molecule has 0 unspecified atom stereocenters. The highest BCUT2D eigenvalue weighted by molar-refractivity contribution is 5.18. The third-order valence-corrected chi connectivity index (χ3v) is 5.43. The van der Waals surface area contributed by atoms with Crippen molar-refractivity contribution in [3.05, 3.63) is 35.5 Å². The van der Waals surface area contributed by atoms with Gasteiger partial charge in [0, 0.05) is 51.4 Å². The summed E-state index contributed by atoms with van der Waals surface area (Å²) < 4.78 is 27.9. The Balaban J connectivity index is 1.50. The molecule has 0 fully saturated rings. The summed E-state index contributed by atoms with van der Waals surface area (Å²) in [5, 5.41) is 13.5. The van der Waals surface area contributed by atoms with Gasteiger partial charge in [0.05, 0.1) is 6.61 Å². The van der Waals surface area contributed by atoms with Gasteiger partial charge in [0.1, 0.15) is 23.9 Å². The van der Waals surface area contributed by atoms with Crippen LogP contribution in [0.1, 0.15) is 66.1 Å². The van der Waals surface area contributed by atoms with Crippen molar-refractivity contribution in [2.24, 2.45) is 10.8 Å². The first-order valence-corrected chi connectivity index (χ1v) is 11.7. The van der Waals surface area contributed by atoms with Gasteiger partial charge in [0.15, 0.2) is 0 Å². The Labute approximate surface area is 192 Å². The first-order chi connectivity index (χ1) is 15.2. The van der Waals surface area contributed by atoms with E-state index >= 15 is 0 Å². The highest BCUT2D eigenvalue weighted by Gasteiger charge is 2.22. The molecule has 0 aliphatic carbocycles. The van der Waals surface area contributed by atoms with Crippen molar-refractivity contribution in [3.8, 4) is 5.88 Å². The highest BCUT2D eigenvalue weighted by atomic mass is 16.5. The van der Waals surface area contributed by atoms with E-state index in [9.17, 15) is 5.11 Å². The zero-order valence-corrected chi connectivity index (χ0v) is 20.4. The molecule has 1 aliphatic heterocycles. The summed E-state index contributed by atoms with van der Waals surface area (Å²) in [5.74, 6) is 2.52. The predicted octanol–water partition coefficient (Wildman–Crippen LogP) is 5.62. The van der Waals surface area contributed by atoms with E-state index in [1.165, 1.54) is 0 Å². The number of hydrogen-bond acceptors (Lipinski definition) is 7. The number of aliphatic hydroxyl groups is 1. The average molecular weight is 452 g/mol. The zero-order valence-electron chi connectivity index (χ0n) is 20.4. The number of ether oxygens (including phenoxy) is 4. The van der Waals surface area contributed by atoms with Crippen LogP contribution in [0.15, 0.2) is 34.3 Å². The summed E-state index contributed by atoms with van der Waals surface area (Å²) in [7, 11) is 0. The average Bonchev–Trinajstić information content (AvgIpc) is 3.12. The fraction of sp³-hybridized carbons (Fsp3) is 0.720. The van der Waals surface area contributed by atoms with Gasteiger partial charge < -0.3 is 28.6 Å². The van der Waals surface area contributed by atoms with E-state index in [1.807, 2.05) is 13.0 Å². The molecule has 0 radical (unpaired) electrons. The molecule has 0 saturated heterocycles. The van der Waals surface area contributed by atoms with Crippen LogP contribution in [0.5, 0.6) is 5.88 Å². The molecule has 0 aromatic carbocycles. The molecule has 2 rings (SSSR count). The molecule has 0 saturated carbocycles. The number of nitrogens with zero attached hydrogens (tertiary/aromatic N) is 1. The van der Waals surface area contributed by atoms with Crippen LogP contribution >= 0.6 is 0 Å². The van der Waals surface area contributed by atoms with E-state index in [0.29, 0.717) is 45.5 Å². The third-order valence-electron chi connectivity index (χ3n) is 5.43. The Hall–Kier alpha value is -1.99. The Bertz CT molecular complexity index is 735. The van der Waals surface area contributed by atoms with Crippen LogP contribution in [0, 0.1) is 10.8 Å². The van der Waals surface area contributed by atoms with E-state index in [-0.39, 0.29) is 16.6 Å². The fourth-order valence-corrected chi connectivity index (χ4v) is 3.48. The minimum absolute atomic E-state index is 0.0540. The van der Waals surface area contributed by atoms with E-state index in [1.54, 1.807) is 12.2 Å². The van der Waals surface area contributed by atoms with E-state index in [0.717, 1.165) is 43.6 Å². The second-order valence-corrected chi connectivity index (χ2v) is 9.88. The van der Waals surface area contributed by atoms with E-state index in [2.05, 4.69) is 32.9 Å². The normalized spacial score (nSPS) is 14.7. The molecular formula is C25H41NO6. The molecule has 0 atom stereocenters. The first kappa shape index (κ1) is 26.3. The molecule has 1 aliphatic rings. The largest absolute Gasteiger partial charge is 0.508 e. The maximum absolute atomic E-state index is 9.60. The maximum atomic E-state index is 9.60. The summed E-state index contributed by atoms with van der Waals surface area (Å²) in [6, 6.07) is 1.87. The smallest absolute Gasteiger partial charge is 0.254 e. The molecule has 1 aromatic rings. The van der Waals surface area contributed by atoms with Crippen molar-refractivity contribution in [2.45, 2.75) is 66.7 Å². The standard InChI is InChI=1S/C25H41NO6/c1-6-30-23-17-22(32-26-23)19-25(4,5)10-15-29-12-7-11-28-14-9-24(2,3)18-21-16-20(27)8-13-31-21/h8,16-17,27H,6-7,9-15,18-19H2,1-5H3. The molecule has 7 heteroatoms. The molecule has 1 N–H and O–H groups in total. The van der Waals surface area contributed by atoms with Gasteiger partial charge in [-0.15, -0.1) is 0 Å². The van der Waals surface area contributed by atoms with Gasteiger partial charge in [-0.25, -0.2) is 0 Å². The lowest BCUT2D eigenvalue weighted by Gasteiger charge is -2.26. The van der Waals surface area contributed by atoms with Crippen LogP contribution < -0.4 is 4.74 Å². The van der Waals surface area contributed by atoms with Gasteiger partial charge in [-0.05, 0) is 48.2 Å². The SMILES string of the molecule is CCOc1cc(CC(C)(C)CCOCCCOCCC(C)(C)CC2=CC(O)=CCO2)on1. The van der Waals surface area contributed by atoms with Crippen LogP contribution in [0.2, 0.25) is 0 Å². The topological polar surface area (TPSA) is 83.2 Å². The van der Waals surface area contributed by atoms with Gasteiger partial charge in [-0.3, -0.25) is 0 Å². The molecule has 0 amide bonds. The van der Waals surface area contributed by atoms with Crippen molar-refractivity contribution >= 4 is 0 Å². The molecule has 0 spiro atoms. The quantitative estimate of drug-likeness (QED) is 0.327. The Kier molecular flexibility index (Phi) is 10.6. The summed E-state index contributed by atoms with van der Waals surface area (Å²) in [5.41, 5.74) is 0.119. The van der Waals surface area contributed by atoms with Crippen molar-refractivity contribution < 1.29 is 28.6 Å². The molecule has 1 aromatic heterocycles. The van der Waals surface area contributed by atoms with Crippen LogP contribution in [0.25, 0.3) is 0 Å².